The first-order valence-electron chi connectivity index (χ1n) is 7.41. The molecule has 0 unspecified atom stereocenters. The summed E-state index contributed by atoms with van der Waals surface area (Å²) < 4.78 is 0. The maximum Gasteiger partial charge on any atom is 0.177 e. The molecule has 1 aliphatic carbocycles. The standard InChI is InChI=1S/C16H21N3S/c1-12-7-5-6-10-14(12)17-16-19-18-15(11-20-16)13-8-3-2-4-9-13/h2-4,8-9,12,14H,5-7,10-11H2,1H3,(H,17,19)/t12-,14+/m0/s1. The van der Waals surface area contributed by atoms with E-state index in [1.54, 1.807) is 11.8 Å². The van der Waals surface area contributed by atoms with Crippen molar-refractivity contribution in [3.8, 4) is 0 Å². The second kappa shape index (κ2) is 6.44. The van der Waals surface area contributed by atoms with E-state index >= 15 is 0 Å². The monoisotopic (exact) mass is 287 g/mol. The molecule has 1 heterocycles. The Balaban J connectivity index is 1.67. The van der Waals surface area contributed by atoms with Gasteiger partial charge in [0, 0.05) is 5.75 Å². The molecular formula is C16H21N3S. The van der Waals surface area contributed by atoms with Gasteiger partial charge in [0.2, 0.25) is 0 Å². The Morgan fingerprint density at radius 3 is 2.70 bits per heavy atom. The van der Waals surface area contributed by atoms with Crippen molar-refractivity contribution in [3.63, 3.8) is 0 Å². The number of nitrogens with one attached hydrogen (secondary N) is 1. The second-order valence-electron chi connectivity index (χ2n) is 5.59. The molecule has 0 bridgehead atoms. The zero-order chi connectivity index (χ0) is 13.8. The summed E-state index contributed by atoms with van der Waals surface area (Å²) in [6.07, 6.45) is 5.21. The molecular weight excluding hydrogens is 266 g/mol. The molecule has 1 aromatic rings. The molecule has 1 N–H and O–H groups in total. The van der Waals surface area contributed by atoms with Crippen molar-refractivity contribution in [3.05, 3.63) is 35.9 Å². The van der Waals surface area contributed by atoms with Crippen molar-refractivity contribution in [1.82, 2.24) is 5.43 Å². The molecule has 1 aliphatic heterocycles. The van der Waals surface area contributed by atoms with Gasteiger partial charge >= 0.3 is 0 Å². The minimum absolute atomic E-state index is 0.479. The van der Waals surface area contributed by atoms with Crippen LogP contribution in [0.15, 0.2) is 40.4 Å². The fourth-order valence-corrected chi connectivity index (χ4v) is 3.62. The lowest BCUT2D eigenvalue weighted by atomic mass is 9.86. The third-order valence-electron chi connectivity index (χ3n) is 4.09. The van der Waals surface area contributed by atoms with Crippen molar-refractivity contribution in [2.24, 2.45) is 16.0 Å². The van der Waals surface area contributed by atoms with Crippen LogP contribution in [0, 0.1) is 5.92 Å². The topological polar surface area (TPSA) is 36.8 Å². The quantitative estimate of drug-likeness (QED) is 0.901. The number of thioether (sulfide) groups is 1. The maximum absolute atomic E-state index is 4.87. The molecule has 0 saturated heterocycles. The number of hydrogen-bond donors (Lipinski definition) is 1. The predicted octanol–water partition coefficient (Wildman–Crippen LogP) is 3.66. The number of hydrogen-bond acceptors (Lipinski definition) is 3. The normalized spacial score (nSPS) is 28.9. The Bertz CT molecular complexity index is 510. The highest BCUT2D eigenvalue weighted by atomic mass is 32.2. The van der Waals surface area contributed by atoms with Crippen molar-refractivity contribution < 1.29 is 0 Å². The molecule has 0 aromatic heterocycles. The summed E-state index contributed by atoms with van der Waals surface area (Å²) in [7, 11) is 0. The minimum Gasteiger partial charge on any atom is -0.258 e. The molecule has 0 spiro atoms. The Hall–Kier alpha value is -1.29. The summed E-state index contributed by atoms with van der Waals surface area (Å²) in [5.41, 5.74) is 5.43. The highest BCUT2D eigenvalue weighted by Crippen LogP contribution is 2.27. The SMILES string of the molecule is C[C@H]1CCCC[C@H]1N=C1NN=C(c2ccccc2)CS1. The van der Waals surface area contributed by atoms with Crippen molar-refractivity contribution in [2.75, 3.05) is 5.75 Å². The summed E-state index contributed by atoms with van der Waals surface area (Å²) in [4.78, 5) is 4.87. The lowest BCUT2D eigenvalue weighted by Gasteiger charge is -2.26. The van der Waals surface area contributed by atoms with Gasteiger partial charge in [0.05, 0.1) is 11.8 Å². The highest BCUT2D eigenvalue weighted by Gasteiger charge is 2.22. The fraction of sp³-hybridized carbons (Fsp3) is 0.500. The molecule has 1 saturated carbocycles. The average Bonchev–Trinajstić information content (AvgIpc) is 2.51. The van der Waals surface area contributed by atoms with E-state index in [0.29, 0.717) is 12.0 Å². The first kappa shape index (κ1) is 13.7. The molecule has 0 radical (unpaired) electrons. The van der Waals surface area contributed by atoms with E-state index in [0.717, 1.165) is 16.6 Å². The zero-order valence-electron chi connectivity index (χ0n) is 11.9. The third kappa shape index (κ3) is 3.23. The first-order chi connectivity index (χ1) is 9.83. The minimum atomic E-state index is 0.479. The highest BCUT2D eigenvalue weighted by molar-refractivity contribution is 8.14. The van der Waals surface area contributed by atoms with Crippen LogP contribution in [0.5, 0.6) is 0 Å². The van der Waals surface area contributed by atoms with Gasteiger partial charge in [0.1, 0.15) is 0 Å². The average molecular weight is 287 g/mol. The van der Waals surface area contributed by atoms with Crippen molar-refractivity contribution in [1.29, 1.82) is 0 Å². The van der Waals surface area contributed by atoms with Crippen LogP contribution in [0.25, 0.3) is 0 Å². The summed E-state index contributed by atoms with van der Waals surface area (Å²) in [6.45, 7) is 2.32. The molecule has 106 valence electrons. The number of benzene rings is 1. The number of rotatable bonds is 2. The van der Waals surface area contributed by atoms with Gasteiger partial charge in [-0.15, -0.1) is 0 Å². The number of aliphatic imine (C=N–C) groups is 1. The van der Waals surface area contributed by atoms with Gasteiger partial charge in [0.15, 0.2) is 5.17 Å². The smallest absolute Gasteiger partial charge is 0.177 e. The van der Waals surface area contributed by atoms with E-state index in [4.69, 9.17) is 4.99 Å². The molecule has 2 aliphatic rings. The van der Waals surface area contributed by atoms with E-state index in [1.807, 2.05) is 6.07 Å². The Morgan fingerprint density at radius 2 is 2.00 bits per heavy atom. The molecule has 4 heteroatoms. The van der Waals surface area contributed by atoms with Crippen LogP contribution in [0.4, 0.5) is 0 Å². The largest absolute Gasteiger partial charge is 0.258 e. The van der Waals surface area contributed by atoms with Gasteiger partial charge in [-0.1, -0.05) is 61.9 Å². The number of nitrogens with zero attached hydrogens (tertiary/aromatic N) is 2. The lowest BCUT2D eigenvalue weighted by Crippen LogP contribution is -2.29. The molecule has 3 nitrogen and oxygen atoms in total. The molecule has 1 fully saturated rings. The van der Waals surface area contributed by atoms with Crippen LogP contribution < -0.4 is 5.43 Å². The summed E-state index contributed by atoms with van der Waals surface area (Å²) in [5.74, 6) is 1.61. The van der Waals surface area contributed by atoms with E-state index in [-0.39, 0.29) is 0 Å². The molecule has 2 atom stereocenters. The van der Waals surface area contributed by atoms with Gasteiger partial charge < -0.3 is 0 Å². The van der Waals surface area contributed by atoms with E-state index < -0.39 is 0 Å². The van der Waals surface area contributed by atoms with Crippen LogP contribution in [0.2, 0.25) is 0 Å². The Kier molecular flexibility index (Phi) is 4.41. The van der Waals surface area contributed by atoms with Crippen LogP contribution >= 0.6 is 11.8 Å². The van der Waals surface area contributed by atoms with Gasteiger partial charge in [-0.25, -0.2) is 0 Å². The number of hydrazone groups is 1. The maximum atomic E-state index is 4.87. The predicted molar refractivity (Wildman–Crippen MR) is 87.4 cm³/mol. The van der Waals surface area contributed by atoms with Crippen molar-refractivity contribution in [2.45, 2.75) is 38.6 Å². The van der Waals surface area contributed by atoms with Gasteiger partial charge in [-0.05, 0) is 24.3 Å². The number of amidine groups is 1. The van der Waals surface area contributed by atoms with E-state index in [2.05, 4.69) is 41.7 Å². The van der Waals surface area contributed by atoms with Gasteiger partial charge in [-0.3, -0.25) is 10.4 Å². The van der Waals surface area contributed by atoms with Gasteiger partial charge in [0.25, 0.3) is 0 Å². The second-order valence-corrected chi connectivity index (χ2v) is 6.55. The molecule has 3 rings (SSSR count). The summed E-state index contributed by atoms with van der Waals surface area (Å²) >= 11 is 1.77. The third-order valence-corrected chi connectivity index (χ3v) is 4.98. The van der Waals surface area contributed by atoms with Crippen LogP contribution in [-0.2, 0) is 0 Å². The van der Waals surface area contributed by atoms with Crippen LogP contribution in [-0.4, -0.2) is 22.7 Å². The fourth-order valence-electron chi connectivity index (χ4n) is 2.80. The molecule has 0 amide bonds. The lowest BCUT2D eigenvalue weighted by molar-refractivity contribution is 0.333. The van der Waals surface area contributed by atoms with Crippen LogP contribution in [0.3, 0.4) is 0 Å². The van der Waals surface area contributed by atoms with Gasteiger partial charge in [-0.2, -0.15) is 5.10 Å². The molecule has 20 heavy (non-hydrogen) atoms. The van der Waals surface area contributed by atoms with E-state index in [9.17, 15) is 0 Å². The first-order valence-corrected chi connectivity index (χ1v) is 8.40. The molecule has 1 aromatic carbocycles. The summed E-state index contributed by atoms with van der Waals surface area (Å²) in [5, 5.41) is 5.48. The van der Waals surface area contributed by atoms with Crippen molar-refractivity contribution >= 4 is 22.6 Å². The zero-order valence-corrected chi connectivity index (χ0v) is 12.7. The van der Waals surface area contributed by atoms with Crippen LogP contribution in [0.1, 0.15) is 38.2 Å². The summed E-state index contributed by atoms with van der Waals surface area (Å²) in [6, 6.07) is 10.8. The Morgan fingerprint density at radius 1 is 1.20 bits per heavy atom. The van der Waals surface area contributed by atoms with E-state index in [1.165, 1.54) is 31.2 Å². The Labute approximate surface area is 125 Å².